The molecular formula is C11H16F2N2O. The highest BCUT2D eigenvalue weighted by Crippen LogP contribution is 2.29. The van der Waals surface area contributed by atoms with Gasteiger partial charge >= 0.3 is 0 Å². The summed E-state index contributed by atoms with van der Waals surface area (Å²) >= 11 is 0. The number of nitrogens with zero attached hydrogens (tertiary/aromatic N) is 2. The lowest BCUT2D eigenvalue weighted by Gasteiger charge is -2.24. The summed E-state index contributed by atoms with van der Waals surface area (Å²) in [6.07, 6.45) is 0.276. The molecule has 0 aliphatic carbocycles. The predicted molar refractivity (Wildman–Crippen MR) is 55.5 cm³/mol. The van der Waals surface area contributed by atoms with Crippen molar-refractivity contribution in [3.05, 3.63) is 17.0 Å². The van der Waals surface area contributed by atoms with Crippen molar-refractivity contribution < 1.29 is 13.5 Å². The molecule has 5 heteroatoms. The Hall–Kier alpha value is -0.970. The molecule has 1 aromatic rings. The standard InChI is InChI=1S/C11H16F2N2O/c1-7-8(2)15(14-10(7)11(12)13)9-5-3-4-6-16-9/h9,11H,3-6H2,1-2H3. The Bertz CT molecular complexity index is 370. The third kappa shape index (κ3) is 1.96. The first-order valence-electron chi connectivity index (χ1n) is 5.56. The zero-order chi connectivity index (χ0) is 11.7. The molecule has 16 heavy (non-hydrogen) atoms. The fraction of sp³-hybridized carbons (Fsp3) is 0.727. The highest BCUT2D eigenvalue weighted by molar-refractivity contribution is 5.24. The van der Waals surface area contributed by atoms with Crippen LogP contribution >= 0.6 is 0 Å². The van der Waals surface area contributed by atoms with Crippen LogP contribution in [0.15, 0.2) is 0 Å². The molecule has 1 aliphatic heterocycles. The van der Waals surface area contributed by atoms with Gasteiger partial charge in [0.2, 0.25) is 0 Å². The molecule has 1 saturated heterocycles. The zero-order valence-corrected chi connectivity index (χ0v) is 9.54. The smallest absolute Gasteiger partial charge is 0.282 e. The molecule has 1 fully saturated rings. The molecule has 2 rings (SSSR count). The van der Waals surface area contributed by atoms with Gasteiger partial charge in [-0.1, -0.05) is 0 Å². The first-order valence-corrected chi connectivity index (χ1v) is 5.56. The maximum Gasteiger partial charge on any atom is 0.282 e. The summed E-state index contributed by atoms with van der Waals surface area (Å²) in [4.78, 5) is 0. The number of hydrogen-bond donors (Lipinski definition) is 0. The Morgan fingerprint density at radius 2 is 2.12 bits per heavy atom. The topological polar surface area (TPSA) is 27.1 Å². The lowest BCUT2D eigenvalue weighted by molar-refractivity contribution is -0.0413. The van der Waals surface area contributed by atoms with Crippen LogP contribution in [0, 0.1) is 13.8 Å². The van der Waals surface area contributed by atoms with Crippen LogP contribution < -0.4 is 0 Å². The van der Waals surface area contributed by atoms with Crippen LogP contribution in [0.3, 0.4) is 0 Å². The van der Waals surface area contributed by atoms with E-state index in [-0.39, 0.29) is 11.9 Å². The van der Waals surface area contributed by atoms with Crippen LogP contribution in [0.5, 0.6) is 0 Å². The van der Waals surface area contributed by atoms with Crippen molar-refractivity contribution in [2.45, 2.75) is 45.8 Å². The van der Waals surface area contributed by atoms with Gasteiger partial charge in [0.25, 0.3) is 6.43 Å². The van der Waals surface area contributed by atoms with Gasteiger partial charge in [0, 0.05) is 12.3 Å². The highest BCUT2D eigenvalue weighted by Gasteiger charge is 2.24. The fourth-order valence-corrected chi connectivity index (χ4v) is 2.03. The van der Waals surface area contributed by atoms with Crippen LogP contribution in [0.2, 0.25) is 0 Å². The van der Waals surface area contributed by atoms with Crippen LogP contribution in [-0.2, 0) is 4.74 Å². The maximum atomic E-state index is 12.7. The number of aromatic nitrogens is 2. The van der Waals surface area contributed by atoms with E-state index in [2.05, 4.69) is 5.10 Å². The van der Waals surface area contributed by atoms with E-state index in [1.165, 1.54) is 0 Å². The lowest BCUT2D eigenvalue weighted by Crippen LogP contribution is -2.20. The number of rotatable bonds is 2. The van der Waals surface area contributed by atoms with E-state index in [4.69, 9.17) is 4.74 Å². The molecule has 0 N–H and O–H groups in total. The largest absolute Gasteiger partial charge is 0.357 e. The monoisotopic (exact) mass is 230 g/mol. The zero-order valence-electron chi connectivity index (χ0n) is 9.54. The normalized spacial score (nSPS) is 21.7. The highest BCUT2D eigenvalue weighted by atomic mass is 19.3. The van der Waals surface area contributed by atoms with E-state index < -0.39 is 6.43 Å². The second-order valence-corrected chi connectivity index (χ2v) is 4.16. The van der Waals surface area contributed by atoms with Gasteiger partial charge in [-0.2, -0.15) is 5.10 Å². The van der Waals surface area contributed by atoms with Crippen molar-refractivity contribution >= 4 is 0 Å². The third-order valence-corrected chi connectivity index (χ3v) is 3.12. The Labute approximate surface area is 93.4 Å². The Balaban J connectivity index is 2.30. The molecule has 1 atom stereocenters. The molecule has 90 valence electrons. The van der Waals surface area contributed by atoms with Crippen molar-refractivity contribution in [3.63, 3.8) is 0 Å². The van der Waals surface area contributed by atoms with Gasteiger partial charge in [-0.3, -0.25) is 0 Å². The van der Waals surface area contributed by atoms with Crippen molar-refractivity contribution in [2.75, 3.05) is 6.61 Å². The summed E-state index contributed by atoms with van der Waals surface area (Å²) < 4.78 is 32.5. The first-order chi connectivity index (χ1) is 7.61. The van der Waals surface area contributed by atoms with Crippen molar-refractivity contribution in [1.82, 2.24) is 9.78 Å². The third-order valence-electron chi connectivity index (χ3n) is 3.12. The molecule has 1 unspecified atom stereocenters. The van der Waals surface area contributed by atoms with Gasteiger partial charge in [-0.15, -0.1) is 0 Å². The first kappa shape index (κ1) is 11.5. The minimum absolute atomic E-state index is 0.119. The summed E-state index contributed by atoms with van der Waals surface area (Å²) in [6, 6.07) is 0. The van der Waals surface area contributed by atoms with E-state index in [9.17, 15) is 8.78 Å². The summed E-state index contributed by atoms with van der Waals surface area (Å²) in [7, 11) is 0. The SMILES string of the molecule is Cc1c(C(F)F)nn(C2CCCCO2)c1C. The molecule has 0 amide bonds. The molecule has 3 nitrogen and oxygen atoms in total. The van der Waals surface area contributed by atoms with Crippen LogP contribution in [0.25, 0.3) is 0 Å². The van der Waals surface area contributed by atoms with E-state index in [0.29, 0.717) is 12.2 Å². The van der Waals surface area contributed by atoms with Gasteiger partial charge in [0.1, 0.15) is 11.9 Å². The Morgan fingerprint density at radius 1 is 1.38 bits per heavy atom. The summed E-state index contributed by atoms with van der Waals surface area (Å²) in [6.45, 7) is 4.18. The maximum absolute atomic E-state index is 12.7. The fourth-order valence-electron chi connectivity index (χ4n) is 2.03. The van der Waals surface area contributed by atoms with Gasteiger partial charge in [0.15, 0.2) is 0 Å². The molecular weight excluding hydrogens is 214 g/mol. The molecule has 1 aliphatic rings. The Morgan fingerprint density at radius 3 is 2.62 bits per heavy atom. The molecule has 0 aromatic carbocycles. The minimum atomic E-state index is -2.51. The number of ether oxygens (including phenoxy) is 1. The second kappa shape index (κ2) is 4.49. The number of alkyl halides is 2. The van der Waals surface area contributed by atoms with E-state index in [0.717, 1.165) is 25.0 Å². The van der Waals surface area contributed by atoms with Gasteiger partial charge in [-0.05, 0) is 38.7 Å². The average Bonchev–Trinajstić information content (AvgIpc) is 2.58. The van der Waals surface area contributed by atoms with Crippen LogP contribution in [0.1, 0.15) is 48.9 Å². The van der Waals surface area contributed by atoms with Crippen molar-refractivity contribution in [3.8, 4) is 0 Å². The van der Waals surface area contributed by atoms with Crippen molar-refractivity contribution in [2.24, 2.45) is 0 Å². The van der Waals surface area contributed by atoms with Crippen LogP contribution in [0.4, 0.5) is 8.78 Å². The molecule has 0 spiro atoms. The summed E-state index contributed by atoms with van der Waals surface area (Å²) in [5.74, 6) is 0. The van der Waals surface area contributed by atoms with E-state index in [1.807, 2.05) is 6.92 Å². The molecule has 2 heterocycles. The summed E-state index contributed by atoms with van der Waals surface area (Å²) in [5, 5.41) is 3.97. The molecule has 1 aromatic heterocycles. The van der Waals surface area contributed by atoms with Gasteiger partial charge < -0.3 is 4.74 Å². The second-order valence-electron chi connectivity index (χ2n) is 4.16. The van der Waals surface area contributed by atoms with E-state index in [1.54, 1.807) is 11.6 Å². The van der Waals surface area contributed by atoms with Crippen molar-refractivity contribution in [1.29, 1.82) is 0 Å². The minimum Gasteiger partial charge on any atom is -0.357 e. The number of halogens is 2. The predicted octanol–water partition coefficient (Wildman–Crippen LogP) is 3.14. The molecule has 0 bridgehead atoms. The van der Waals surface area contributed by atoms with Gasteiger partial charge in [-0.25, -0.2) is 13.5 Å². The average molecular weight is 230 g/mol. The number of hydrogen-bond acceptors (Lipinski definition) is 2. The van der Waals surface area contributed by atoms with Crippen LogP contribution in [-0.4, -0.2) is 16.4 Å². The van der Waals surface area contributed by atoms with Gasteiger partial charge in [0.05, 0.1) is 0 Å². The molecule has 0 radical (unpaired) electrons. The lowest BCUT2D eigenvalue weighted by atomic mass is 10.2. The summed E-state index contributed by atoms with van der Waals surface area (Å²) in [5.41, 5.74) is 1.23. The quantitative estimate of drug-likeness (QED) is 0.780. The molecule has 0 saturated carbocycles. The van der Waals surface area contributed by atoms with E-state index >= 15 is 0 Å². The Kier molecular flexibility index (Phi) is 3.23.